The molecule has 1 aromatic carbocycles. The maximum atomic E-state index is 12.2. The molecule has 0 saturated carbocycles. The molecule has 0 unspecified atom stereocenters. The van der Waals surface area contributed by atoms with Crippen molar-refractivity contribution in [1.82, 2.24) is 10.2 Å². The van der Waals surface area contributed by atoms with Crippen LogP contribution in [-0.2, 0) is 21.4 Å². The minimum Gasteiger partial charge on any atom is -0.377 e. The summed E-state index contributed by atoms with van der Waals surface area (Å²) in [5, 5.41) is 18.8. The first-order valence-electron chi connectivity index (χ1n) is 5.51. The molecule has 2 rings (SSSR count). The Hall–Kier alpha value is -2.11. The van der Waals surface area contributed by atoms with E-state index in [9.17, 15) is 18.5 Å². The normalized spacial score (nSPS) is 11.3. The van der Waals surface area contributed by atoms with Gasteiger partial charge < -0.3 is 4.74 Å². The average Bonchev–Trinajstić information content (AvgIpc) is 2.86. The summed E-state index contributed by atoms with van der Waals surface area (Å²) in [7, 11) is -2.64. The zero-order chi connectivity index (χ0) is 15.5. The molecule has 0 radical (unpaired) electrons. The molecule has 0 aliphatic rings. The fourth-order valence-corrected chi connectivity index (χ4v) is 3.60. The molecule has 9 nitrogen and oxygen atoms in total. The number of aromatic nitrogens is 2. The van der Waals surface area contributed by atoms with Gasteiger partial charge >= 0.3 is 0 Å². The Morgan fingerprint density at radius 2 is 2.10 bits per heavy atom. The summed E-state index contributed by atoms with van der Waals surface area (Å²) in [6.45, 7) is 0.199. The summed E-state index contributed by atoms with van der Waals surface area (Å²) < 4.78 is 31.4. The summed E-state index contributed by atoms with van der Waals surface area (Å²) in [6.07, 6.45) is 0. The van der Waals surface area contributed by atoms with Crippen molar-refractivity contribution in [2.45, 2.75) is 11.5 Å². The Morgan fingerprint density at radius 3 is 2.76 bits per heavy atom. The molecular formula is C10H10N4O5S2. The maximum absolute atomic E-state index is 12.2. The third kappa shape index (κ3) is 3.51. The third-order valence-corrected chi connectivity index (χ3v) is 4.64. The van der Waals surface area contributed by atoms with Gasteiger partial charge in [-0.1, -0.05) is 23.5 Å². The van der Waals surface area contributed by atoms with Crippen LogP contribution < -0.4 is 4.72 Å². The zero-order valence-corrected chi connectivity index (χ0v) is 12.3. The predicted octanol–water partition coefficient (Wildman–Crippen LogP) is 1.39. The molecule has 11 heteroatoms. The van der Waals surface area contributed by atoms with E-state index in [1.165, 1.54) is 19.2 Å². The van der Waals surface area contributed by atoms with Crippen molar-refractivity contribution in [2.75, 3.05) is 11.8 Å². The first-order valence-corrected chi connectivity index (χ1v) is 7.81. The van der Waals surface area contributed by atoms with Crippen LogP contribution in [0.2, 0.25) is 0 Å². The summed E-state index contributed by atoms with van der Waals surface area (Å²) in [6, 6.07) is 5.05. The fourth-order valence-electron chi connectivity index (χ4n) is 1.48. The quantitative estimate of drug-likeness (QED) is 0.626. The number of hydrogen-bond donors (Lipinski definition) is 1. The highest BCUT2D eigenvalue weighted by Gasteiger charge is 2.26. The molecule has 21 heavy (non-hydrogen) atoms. The number of methoxy groups -OCH3 is 1. The van der Waals surface area contributed by atoms with Crippen LogP contribution in [-0.4, -0.2) is 30.6 Å². The lowest BCUT2D eigenvalue weighted by molar-refractivity contribution is -0.387. The second-order valence-electron chi connectivity index (χ2n) is 3.76. The molecule has 0 spiro atoms. The van der Waals surface area contributed by atoms with Gasteiger partial charge in [0.1, 0.15) is 11.6 Å². The molecule has 0 aliphatic carbocycles. The van der Waals surface area contributed by atoms with Crippen LogP contribution in [0.4, 0.5) is 10.8 Å². The van der Waals surface area contributed by atoms with Gasteiger partial charge in [-0.05, 0) is 6.07 Å². The van der Waals surface area contributed by atoms with Gasteiger partial charge in [0, 0.05) is 13.2 Å². The largest absolute Gasteiger partial charge is 0.377 e. The second-order valence-corrected chi connectivity index (χ2v) is 6.48. The Labute approximate surface area is 123 Å². The van der Waals surface area contributed by atoms with Gasteiger partial charge in [-0.25, -0.2) is 8.42 Å². The summed E-state index contributed by atoms with van der Waals surface area (Å²) in [5.41, 5.74) is -0.508. The number of sulfonamides is 1. The number of nitro benzene ring substituents is 1. The van der Waals surface area contributed by atoms with E-state index in [1.807, 2.05) is 0 Å². The molecule has 2 aromatic rings. The van der Waals surface area contributed by atoms with Crippen molar-refractivity contribution < 1.29 is 18.1 Å². The van der Waals surface area contributed by atoms with Gasteiger partial charge in [-0.3, -0.25) is 14.8 Å². The van der Waals surface area contributed by atoms with Gasteiger partial charge in [0.05, 0.1) is 4.92 Å². The number of rotatable bonds is 6. The standard InChI is InChI=1S/C10H10N4O5S2/c1-19-6-9-11-12-10(20-9)13-21(17,18)8-5-3-2-4-7(8)14(15)16/h2-5H,6H2,1H3,(H,12,13). The first-order chi connectivity index (χ1) is 9.94. The van der Waals surface area contributed by atoms with Gasteiger partial charge in [0.2, 0.25) is 5.13 Å². The third-order valence-electron chi connectivity index (χ3n) is 2.31. The molecule has 1 N–H and O–H groups in total. The fraction of sp³-hybridized carbons (Fsp3) is 0.200. The van der Waals surface area contributed by atoms with Crippen LogP contribution in [0.15, 0.2) is 29.2 Å². The highest BCUT2D eigenvalue weighted by Crippen LogP contribution is 2.26. The van der Waals surface area contributed by atoms with E-state index < -0.39 is 25.5 Å². The van der Waals surface area contributed by atoms with Gasteiger partial charge in [0.25, 0.3) is 15.7 Å². The Balaban J connectivity index is 2.32. The summed E-state index contributed by atoms with van der Waals surface area (Å²) >= 11 is 0.986. The highest BCUT2D eigenvalue weighted by atomic mass is 32.2. The lowest BCUT2D eigenvalue weighted by Crippen LogP contribution is -2.14. The van der Waals surface area contributed by atoms with Crippen LogP contribution in [0.5, 0.6) is 0 Å². The van der Waals surface area contributed by atoms with E-state index in [2.05, 4.69) is 14.9 Å². The van der Waals surface area contributed by atoms with Crippen molar-refractivity contribution in [3.05, 3.63) is 39.4 Å². The molecule has 0 bridgehead atoms. The molecular weight excluding hydrogens is 320 g/mol. The van der Waals surface area contributed by atoms with Crippen molar-refractivity contribution in [3.63, 3.8) is 0 Å². The molecule has 0 amide bonds. The Kier molecular flexibility index (Phi) is 4.45. The number of hydrogen-bond acceptors (Lipinski definition) is 8. The molecule has 0 atom stereocenters. The van der Waals surface area contributed by atoms with E-state index >= 15 is 0 Å². The Bertz CT molecular complexity index is 758. The zero-order valence-electron chi connectivity index (χ0n) is 10.7. The molecule has 0 aliphatic heterocycles. The van der Waals surface area contributed by atoms with Crippen molar-refractivity contribution >= 4 is 32.2 Å². The minimum absolute atomic E-state index is 0.0141. The lowest BCUT2D eigenvalue weighted by atomic mass is 10.3. The van der Waals surface area contributed by atoms with E-state index in [1.54, 1.807) is 0 Å². The van der Waals surface area contributed by atoms with Crippen LogP contribution in [0.3, 0.4) is 0 Å². The number of nitrogens with zero attached hydrogens (tertiary/aromatic N) is 3. The maximum Gasteiger partial charge on any atom is 0.289 e. The summed E-state index contributed by atoms with van der Waals surface area (Å²) in [5.74, 6) is 0. The van der Waals surface area contributed by atoms with E-state index in [0.717, 1.165) is 23.5 Å². The predicted molar refractivity (Wildman–Crippen MR) is 74.5 cm³/mol. The van der Waals surface area contributed by atoms with Crippen molar-refractivity contribution in [2.24, 2.45) is 0 Å². The number of anilines is 1. The smallest absolute Gasteiger partial charge is 0.289 e. The van der Waals surface area contributed by atoms with Crippen LogP contribution in [0.1, 0.15) is 5.01 Å². The SMILES string of the molecule is COCc1nnc(NS(=O)(=O)c2ccccc2[N+](=O)[O-])s1. The van der Waals surface area contributed by atoms with Crippen molar-refractivity contribution in [1.29, 1.82) is 0 Å². The number of nitro groups is 1. The van der Waals surface area contributed by atoms with Gasteiger partial charge in [0.15, 0.2) is 4.90 Å². The number of nitrogens with one attached hydrogen (secondary N) is 1. The van der Waals surface area contributed by atoms with Gasteiger partial charge in [-0.2, -0.15) is 0 Å². The van der Waals surface area contributed by atoms with Crippen LogP contribution in [0.25, 0.3) is 0 Å². The summed E-state index contributed by atoms with van der Waals surface area (Å²) in [4.78, 5) is 9.69. The van der Waals surface area contributed by atoms with Crippen LogP contribution in [0, 0.1) is 10.1 Å². The van der Waals surface area contributed by atoms with E-state index in [4.69, 9.17) is 4.74 Å². The molecule has 1 aromatic heterocycles. The Morgan fingerprint density at radius 1 is 1.38 bits per heavy atom. The van der Waals surface area contributed by atoms with Crippen LogP contribution >= 0.6 is 11.3 Å². The average molecular weight is 330 g/mol. The molecule has 0 saturated heterocycles. The van der Waals surface area contributed by atoms with E-state index in [-0.39, 0.29) is 11.7 Å². The topological polar surface area (TPSA) is 124 Å². The monoisotopic (exact) mass is 330 g/mol. The highest BCUT2D eigenvalue weighted by molar-refractivity contribution is 7.93. The number of para-hydroxylation sites is 1. The molecule has 1 heterocycles. The first kappa shape index (κ1) is 15.3. The number of benzene rings is 1. The number of ether oxygens (including phenoxy) is 1. The minimum atomic E-state index is -4.12. The lowest BCUT2D eigenvalue weighted by Gasteiger charge is -2.04. The molecule has 0 fully saturated rings. The van der Waals surface area contributed by atoms with Gasteiger partial charge in [-0.15, -0.1) is 10.2 Å². The second kappa shape index (κ2) is 6.11. The molecule has 112 valence electrons. The van der Waals surface area contributed by atoms with Crippen molar-refractivity contribution in [3.8, 4) is 0 Å². The van der Waals surface area contributed by atoms with E-state index in [0.29, 0.717) is 5.01 Å².